The number of esters is 1. The molecule has 4 aromatic heterocycles. The molecule has 15 heteroatoms. The third-order valence-electron chi connectivity index (χ3n) is 7.01. The Balaban J connectivity index is 1.34. The van der Waals surface area contributed by atoms with Crippen molar-refractivity contribution in [2.75, 3.05) is 29.6 Å². The lowest BCUT2D eigenvalue weighted by molar-refractivity contribution is -0.140. The number of hydrogen-bond acceptors (Lipinski definition) is 7. The lowest BCUT2D eigenvalue weighted by Crippen LogP contribution is -2.26. The molecule has 0 aliphatic carbocycles. The van der Waals surface area contributed by atoms with E-state index in [-0.39, 0.29) is 41.5 Å². The summed E-state index contributed by atoms with van der Waals surface area (Å²) in [5.74, 6) is -1.67. The van der Waals surface area contributed by atoms with Crippen molar-refractivity contribution in [1.82, 2.24) is 28.6 Å². The molecule has 4 amide bonds. The normalized spacial score (nSPS) is 10.8. The predicted molar refractivity (Wildman–Crippen MR) is 166 cm³/mol. The summed E-state index contributed by atoms with van der Waals surface area (Å²) < 4.78 is 11.0. The number of carbonyl (C=O) groups excluding carboxylic acids is 5. The van der Waals surface area contributed by atoms with Gasteiger partial charge in [0.2, 0.25) is 5.82 Å². The van der Waals surface area contributed by atoms with Crippen LogP contribution in [-0.2, 0) is 37.7 Å². The van der Waals surface area contributed by atoms with E-state index >= 15 is 0 Å². The van der Waals surface area contributed by atoms with Crippen molar-refractivity contribution in [3.05, 3.63) is 71.5 Å². The Hall–Kier alpha value is -5.60. The molecule has 0 aliphatic heterocycles. The van der Waals surface area contributed by atoms with E-state index in [0.29, 0.717) is 42.1 Å². The summed E-state index contributed by atoms with van der Waals surface area (Å²) in [4.78, 5) is 66.8. The number of unbranched alkanes of at least 4 members (excludes halogenated alkanes) is 1. The number of anilines is 3. The van der Waals surface area contributed by atoms with Gasteiger partial charge in [-0.15, -0.1) is 0 Å². The van der Waals surface area contributed by atoms with Gasteiger partial charge in [0.15, 0.2) is 5.82 Å². The van der Waals surface area contributed by atoms with Gasteiger partial charge in [-0.2, -0.15) is 0 Å². The first kappa shape index (κ1) is 32.3. The molecule has 4 aromatic rings. The number of hydrogen-bond donors (Lipinski definition) is 4. The lowest BCUT2D eigenvalue weighted by atomic mass is 10.2. The van der Waals surface area contributed by atoms with Gasteiger partial charge in [0.25, 0.3) is 23.6 Å². The van der Waals surface area contributed by atoms with E-state index in [2.05, 4.69) is 31.0 Å². The van der Waals surface area contributed by atoms with E-state index in [4.69, 9.17) is 0 Å². The highest BCUT2D eigenvalue weighted by molar-refractivity contribution is 6.07. The average molecular weight is 620 g/mol. The van der Waals surface area contributed by atoms with Crippen molar-refractivity contribution in [2.45, 2.75) is 26.2 Å². The molecule has 0 unspecified atom stereocenters. The zero-order chi connectivity index (χ0) is 32.8. The number of nitrogens with zero attached hydrogens (tertiary/aromatic N) is 5. The number of amides is 4. The number of nitrogens with one attached hydrogen (secondary N) is 4. The second-order valence-corrected chi connectivity index (χ2v) is 10.7. The second-order valence-electron chi connectivity index (χ2n) is 10.7. The van der Waals surface area contributed by atoms with E-state index < -0.39 is 11.8 Å². The minimum atomic E-state index is -0.533. The van der Waals surface area contributed by atoms with Gasteiger partial charge in [0.1, 0.15) is 17.1 Å². The molecule has 15 nitrogen and oxygen atoms in total. The quantitative estimate of drug-likeness (QED) is 0.139. The first-order chi connectivity index (χ1) is 21.4. The van der Waals surface area contributed by atoms with Crippen molar-refractivity contribution < 1.29 is 28.7 Å². The first-order valence-electron chi connectivity index (χ1n) is 14.1. The van der Waals surface area contributed by atoms with E-state index in [0.717, 1.165) is 5.56 Å². The highest BCUT2D eigenvalue weighted by Gasteiger charge is 2.20. The fourth-order valence-electron chi connectivity index (χ4n) is 4.76. The number of aromatic nitrogens is 5. The number of imidazole rings is 1. The Morgan fingerprint density at radius 1 is 0.689 bits per heavy atom. The molecular weight excluding hydrogens is 582 g/mol. The Morgan fingerprint density at radius 3 is 1.84 bits per heavy atom. The maximum absolute atomic E-state index is 13.1. The Bertz CT molecular complexity index is 1760. The summed E-state index contributed by atoms with van der Waals surface area (Å²) in [6, 6.07) is 4.83. The van der Waals surface area contributed by atoms with Gasteiger partial charge >= 0.3 is 5.97 Å². The zero-order valence-corrected chi connectivity index (χ0v) is 26.1. The fourth-order valence-corrected chi connectivity index (χ4v) is 4.76. The molecule has 238 valence electrons. The minimum Gasteiger partial charge on any atom is -0.469 e. The lowest BCUT2D eigenvalue weighted by Gasteiger charge is -2.05. The third-order valence-corrected chi connectivity index (χ3v) is 7.01. The summed E-state index contributed by atoms with van der Waals surface area (Å²) in [6.45, 7) is 2.28. The van der Waals surface area contributed by atoms with E-state index in [1.807, 2.05) is 13.1 Å². The molecule has 0 aliphatic rings. The molecule has 0 atom stereocenters. The topological polar surface area (TPSA) is 175 Å². The third kappa shape index (κ3) is 7.87. The standard InChI is InChI=1S/C30H37N9O6/c1-18-11-21(36(2)14-18)29(43)35-24-17-39(5)26(34-24)30(44)33-20-13-23(38(4)16-20)28(42)32-19-12-22(37(3)15-19)27(41)31-10-8-7-9-25(40)45-6/h11-17H,7-10H2,1-6H3,(H,31,41)(H,32,42)(H,33,44)(H,35,43). The number of ether oxygens (including phenoxy) is 1. The molecule has 4 rings (SSSR count). The van der Waals surface area contributed by atoms with E-state index in [9.17, 15) is 24.0 Å². The van der Waals surface area contributed by atoms with Crippen LogP contribution in [0.3, 0.4) is 0 Å². The predicted octanol–water partition coefficient (Wildman–Crippen LogP) is 2.57. The molecule has 0 bridgehead atoms. The van der Waals surface area contributed by atoms with Crippen LogP contribution in [0.15, 0.2) is 43.0 Å². The fraction of sp³-hybridized carbons (Fsp3) is 0.333. The SMILES string of the molecule is COC(=O)CCCCNC(=O)c1cc(NC(=O)c2cc(NC(=O)c3nc(NC(=O)c4cc(C)cn4C)cn3C)cn2C)cn1C. The largest absolute Gasteiger partial charge is 0.469 e. The molecule has 0 radical (unpaired) electrons. The molecule has 0 saturated heterocycles. The van der Waals surface area contributed by atoms with Gasteiger partial charge in [0, 0.05) is 65.9 Å². The van der Waals surface area contributed by atoms with Crippen LogP contribution in [-0.4, -0.2) is 66.5 Å². The summed E-state index contributed by atoms with van der Waals surface area (Å²) in [5.41, 5.74) is 2.79. The maximum Gasteiger partial charge on any atom is 0.305 e. The van der Waals surface area contributed by atoms with Crippen molar-refractivity contribution in [1.29, 1.82) is 0 Å². The number of methoxy groups -OCH3 is 1. The zero-order valence-electron chi connectivity index (χ0n) is 26.1. The van der Waals surface area contributed by atoms with Crippen LogP contribution in [0.4, 0.5) is 17.2 Å². The van der Waals surface area contributed by atoms with Crippen LogP contribution < -0.4 is 21.3 Å². The molecule has 0 aromatic carbocycles. The molecule has 0 spiro atoms. The van der Waals surface area contributed by atoms with Crippen LogP contribution in [0, 0.1) is 6.92 Å². The molecule has 4 N–H and O–H groups in total. The number of rotatable bonds is 12. The summed E-state index contributed by atoms with van der Waals surface area (Å²) in [7, 11) is 8.09. The molecule has 45 heavy (non-hydrogen) atoms. The molecular formula is C30H37N9O6. The van der Waals surface area contributed by atoms with Gasteiger partial charge in [-0.3, -0.25) is 24.0 Å². The minimum absolute atomic E-state index is 0.0572. The van der Waals surface area contributed by atoms with Gasteiger partial charge in [0.05, 0.1) is 18.5 Å². The van der Waals surface area contributed by atoms with Crippen molar-refractivity contribution >= 4 is 46.8 Å². The maximum atomic E-state index is 13.1. The van der Waals surface area contributed by atoms with Crippen LogP contribution in [0.2, 0.25) is 0 Å². The van der Waals surface area contributed by atoms with Gasteiger partial charge < -0.3 is 44.3 Å². The smallest absolute Gasteiger partial charge is 0.305 e. The average Bonchev–Trinajstić information content (AvgIpc) is 3.73. The summed E-state index contributed by atoms with van der Waals surface area (Å²) in [6.07, 6.45) is 8.06. The highest BCUT2D eigenvalue weighted by atomic mass is 16.5. The van der Waals surface area contributed by atoms with E-state index in [1.54, 1.807) is 66.4 Å². The van der Waals surface area contributed by atoms with Crippen LogP contribution in [0.5, 0.6) is 0 Å². The van der Waals surface area contributed by atoms with Crippen LogP contribution >= 0.6 is 0 Å². The van der Waals surface area contributed by atoms with Crippen molar-refractivity contribution in [2.24, 2.45) is 28.2 Å². The monoisotopic (exact) mass is 619 g/mol. The van der Waals surface area contributed by atoms with Gasteiger partial charge in [-0.25, -0.2) is 4.98 Å². The van der Waals surface area contributed by atoms with Crippen molar-refractivity contribution in [3.63, 3.8) is 0 Å². The molecule has 0 fully saturated rings. The van der Waals surface area contributed by atoms with Gasteiger partial charge in [-0.1, -0.05) is 0 Å². The Morgan fingerprint density at radius 2 is 1.24 bits per heavy atom. The highest BCUT2D eigenvalue weighted by Crippen LogP contribution is 2.19. The summed E-state index contributed by atoms with van der Waals surface area (Å²) >= 11 is 0. The number of aryl methyl sites for hydroxylation is 5. The number of carbonyl (C=O) groups is 5. The van der Waals surface area contributed by atoms with E-state index in [1.165, 1.54) is 23.9 Å². The second kappa shape index (κ2) is 13.8. The van der Waals surface area contributed by atoms with Crippen molar-refractivity contribution in [3.8, 4) is 0 Å². The van der Waals surface area contributed by atoms with Gasteiger partial charge in [-0.05, 0) is 43.5 Å². The van der Waals surface area contributed by atoms with Crippen LogP contribution in [0.25, 0.3) is 0 Å². The molecule has 4 heterocycles. The van der Waals surface area contributed by atoms with Crippen LogP contribution in [0.1, 0.15) is 66.9 Å². The summed E-state index contributed by atoms with van der Waals surface area (Å²) in [5, 5.41) is 11.0. The molecule has 0 saturated carbocycles. The Labute approximate surface area is 259 Å². The first-order valence-corrected chi connectivity index (χ1v) is 14.1. The Kier molecular flexibility index (Phi) is 9.91.